The lowest BCUT2D eigenvalue weighted by Gasteiger charge is -2.50. The van der Waals surface area contributed by atoms with E-state index < -0.39 is 14.6 Å². The van der Waals surface area contributed by atoms with Crippen LogP contribution in [0.2, 0.25) is 0 Å². The monoisotopic (exact) mass is 368 g/mol. The lowest BCUT2D eigenvalue weighted by atomic mass is 9.82. The van der Waals surface area contributed by atoms with Gasteiger partial charge in [-0.05, 0) is 12.3 Å². The summed E-state index contributed by atoms with van der Waals surface area (Å²) in [5, 5.41) is 4.02. The number of nitrogens with zero attached hydrogens (tertiary/aromatic N) is 4. The normalized spacial score (nSPS) is 28.2. The third-order valence-corrected chi connectivity index (χ3v) is 8.44. The van der Waals surface area contributed by atoms with Crippen molar-refractivity contribution < 1.29 is 17.9 Å². The molecule has 25 heavy (non-hydrogen) atoms. The number of hydrogen-bond acceptors (Lipinski definition) is 6. The first-order chi connectivity index (χ1) is 11.9. The summed E-state index contributed by atoms with van der Waals surface area (Å²) in [5.74, 6) is 0.191. The van der Waals surface area contributed by atoms with Gasteiger partial charge < -0.3 is 9.64 Å². The van der Waals surface area contributed by atoms with Gasteiger partial charge in [0.2, 0.25) is 0 Å². The molecule has 0 bridgehead atoms. The summed E-state index contributed by atoms with van der Waals surface area (Å²) in [6, 6.07) is 0. The fraction of sp³-hybridized carbons (Fsp3) is 0.750. The molecule has 0 radical (unpaired) electrons. The fourth-order valence-electron chi connectivity index (χ4n) is 4.28. The maximum Gasteiger partial charge on any atom is 0.257 e. The van der Waals surface area contributed by atoms with Gasteiger partial charge in [-0.3, -0.25) is 14.4 Å². The van der Waals surface area contributed by atoms with Gasteiger partial charge >= 0.3 is 0 Å². The van der Waals surface area contributed by atoms with Gasteiger partial charge in [0, 0.05) is 46.0 Å². The Labute approximate surface area is 147 Å². The molecule has 3 saturated heterocycles. The van der Waals surface area contributed by atoms with E-state index in [1.807, 2.05) is 0 Å². The van der Waals surface area contributed by atoms with Crippen molar-refractivity contribution >= 4 is 15.7 Å². The van der Waals surface area contributed by atoms with Gasteiger partial charge in [-0.15, -0.1) is 0 Å². The number of carbonyl (C=O) groups is 1. The van der Waals surface area contributed by atoms with Crippen molar-refractivity contribution in [3.8, 4) is 0 Å². The van der Waals surface area contributed by atoms with Crippen LogP contribution in [0.1, 0.15) is 16.8 Å². The van der Waals surface area contributed by atoms with Gasteiger partial charge in [-0.2, -0.15) is 5.10 Å². The van der Waals surface area contributed by atoms with E-state index in [1.165, 1.54) is 6.20 Å². The molecular formula is C16H24N4O4S. The standard InChI is InChI=1S/C16H24N4O4S/c1-18-9-13(8-17-18)15(21)20-11-16(12-20)14(2-7-25(16,22)23)10-19-3-5-24-6-4-19/h8-9,14H,2-7,10-12H2,1H3. The van der Waals surface area contributed by atoms with Crippen molar-refractivity contribution in [1.29, 1.82) is 0 Å². The molecule has 4 rings (SSSR count). The number of ether oxygens (including phenoxy) is 1. The zero-order valence-corrected chi connectivity index (χ0v) is 15.2. The minimum Gasteiger partial charge on any atom is -0.379 e. The molecule has 0 saturated carbocycles. The molecule has 9 heteroatoms. The van der Waals surface area contributed by atoms with Crippen molar-refractivity contribution in [3.63, 3.8) is 0 Å². The number of aromatic nitrogens is 2. The fourth-order valence-corrected chi connectivity index (χ4v) is 6.69. The summed E-state index contributed by atoms with van der Waals surface area (Å²) in [4.78, 5) is 16.5. The molecule has 3 aliphatic heterocycles. The molecule has 1 aromatic heterocycles. The van der Waals surface area contributed by atoms with Gasteiger partial charge in [-0.1, -0.05) is 0 Å². The Morgan fingerprint density at radius 3 is 2.72 bits per heavy atom. The molecule has 1 atom stereocenters. The summed E-state index contributed by atoms with van der Waals surface area (Å²) >= 11 is 0. The number of amides is 1. The molecule has 1 unspecified atom stereocenters. The number of sulfone groups is 1. The van der Waals surface area contributed by atoms with E-state index in [0.717, 1.165) is 19.6 Å². The van der Waals surface area contributed by atoms with Crippen molar-refractivity contribution in [2.24, 2.45) is 13.0 Å². The summed E-state index contributed by atoms with van der Waals surface area (Å²) in [7, 11) is -1.41. The first-order valence-electron chi connectivity index (χ1n) is 8.72. The van der Waals surface area contributed by atoms with E-state index in [4.69, 9.17) is 4.74 Å². The maximum atomic E-state index is 12.7. The molecule has 1 amide bonds. The molecule has 0 N–H and O–H groups in total. The Morgan fingerprint density at radius 1 is 1.36 bits per heavy atom. The topological polar surface area (TPSA) is 84.7 Å². The van der Waals surface area contributed by atoms with Crippen LogP contribution in [-0.2, 0) is 21.6 Å². The third-order valence-electron chi connectivity index (χ3n) is 5.84. The molecule has 0 aliphatic carbocycles. The number of morpholine rings is 1. The van der Waals surface area contributed by atoms with E-state index in [2.05, 4.69) is 10.00 Å². The van der Waals surface area contributed by atoms with Crippen molar-refractivity contribution in [1.82, 2.24) is 19.6 Å². The summed E-state index contributed by atoms with van der Waals surface area (Å²) in [5.41, 5.74) is 0.512. The predicted octanol–water partition coefficient (Wildman–Crippen LogP) is -0.618. The molecule has 0 aromatic carbocycles. The van der Waals surface area contributed by atoms with Crippen LogP contribution in [0, 0.1) is 5.92 Å². The van der Waals surface area contributed by atoms with E-state index in [-0.39, 0.29) is 17.6 Å². The number of carbonyl (C=O) groups excluding carboxylic acids is 1. The Kier molecular flexibility index (Phi) is 4.12. The second kappa shape index (κ2) is 6.07. The van der Waals surface area contributed by atoms with Gasteiger partial charge in [0.15, 0.2) is 9.84 Å². The quantitative estimate of drug-likeness (QED) is 0.707. The van der Waals surface area contributed by atoms with Crippen LogP contribution in [0.4, 0.5) is 0 Å². The number of rotatable bonds is 3. The zero-order chi connectivity index (χ0) is 17.7. The second-order valence-corrected chi connectivity index (χ2v) is 9.80. The Morgan fingerprint density at radius 2 is 2.08 bits per heavy atom. The highest BCUT2D eigenvalue weighted by molar-refractivity contribution is 7.93. The zero-order valence-electron chi connectivity index (χ0n) is 14.4. The molecule has 1 aromatic rings. The minimum absolute atomic E-state index is 0.0912. The molecule has 3 fully saturated rings. The van der Waals surface area contributed by atoms with Crippen LogP contribution in [0.5, 0.6) is 0 Å². The summed E-state index contributed by atoms with van der Waals surface area (Å²) in [6.45, 7) is 4.50. The smallest absolute Gasteiger partial charge is 0.257 e. The summed E-state index contributed by atoms with van der Waals surface area (Å²) < 4.78 is 31.7. The Bertz CT molecular complexity index is 763. The first-order valence-corrected chi connectivity index (χ1v) is 10.4. The van der Waals surface area contributed by atoms with Gasteiger partial charge in [0.05, 0.1) is 30.7 Å². The largest absolute Gasteiger partial charge is 0.379 e. The lowest BCUT2D eigenvalue weighted by Crippen LogP contribution is -2.69. The Balaban J connectivity index is 1.48. The maximum absolute atomic E-state index is 12.7. The van der Waals surface area contributed by atoms with Gasteiger partial charge in [-0.25, -0.2) is 8.42 Å². The second-order valence-electron chi connectivity index (χ2n) is 7.35. The molecule has 8 nitrogen and oxygen atoms in total. The summed E-state index contributed by atoms with van der Waals surface area (Å²) in [6.07, 6.45) is 3.89. The van der Waals surface area contributed by atoms with Crippen LogP contribution in [-0.4, -0.2) is 90.3 Å². The predicted molar refractivity (Wildman–Crippen MR) is 91.0 cm³/mol. The van der Waals surface area contributed by atoms with Crippen LogP contribution in [0.15, 0.2) is 12.4 Å². The van der Waals surface area contributed by atoms with Gasteiger partial charge in [0.1, 0.15) is 4.75 Å². The van der Waals surface area contributed by atoms with E-state index >= 15 is 0 Å². The SMILES string of the molecule is Cn1cc(C(=O)N2CC3(C2)C(CN2CCOCC2)CCS3(=O)=O)cn1. The van der Waals surface area contributed by atoms with Crippen LogP contribution < -0.4 is 0 Å². The Hall–Kier alpha value is -1.45. The van der Waals surface area contributed by atoms with Crippen molar-refractivity contribution in [2.75, 3.05) is 51.7 Å². The third kappa shape index (κ3) is 2.78. The molecule has 1 spiro atoms. The van der Waals surface area contributed by atoms with E-state index in [1.54, 1.807) is 22.8 Å². The van der Waals surface area contributed by atoms with Crippen LogP contribution >= 0.6 is 0 Å². The van der Waals surface area contributed by atoms with Crippen LogP contribution in [0.3, 0.4) is 0 Å². The first kappa shape index (κ1) is 17.0. The van der Waals surface area contributed by atoms with Crippen molar-refractivity contribution in [2.45, 2.75) is 11.2 Å². The number of likely N-dealkylation sites (tertiary alicyclic amines) is 1. The number of aryl methyl sites for hydroxylation is 1. The van der Waals surface area contributed by atoms with Crippen molar-refractivity contribution in [3.05, 3.63) is 18.0 Å². The highest BCUT2D eigenvalue weighted by Gasteiger charge is 2.62. The minimum atomic E-state index is -3.17. The molecule has 3 aliphatic rings. The lowest BCUT2D eigenvalue weighted by molar-refractivity contribution is 0.0140. The van der Waals surface area contributed by atoms with Crippen LogP contribution in [0.25, 0.3) is 0 Å². The van der Waals surface area contributed by atoms with E-state index in [0.29, 0.717) is 38.3 Å². The average Bonchev–Trinajstić information content (AvgIpc) is 3.08. The molecule has 4 heterocycles. The average molecular weight is 368 g/mol. The highest BCUT2D eigenvalue weighted by Crippen LogP contribution is 2.45. The molecule has 138 valence electrons. The highest BCUT2D eigenvalue weighted by atomic mass is 32.2. The molecular weight excluding hydrogens is 344 g/mol. The van der Waals surface area contributed by atoms with E-state index in [9.17, 15) is 13.2 Å². The van der Waals surface area contributed by atoms with Gasteiger partial charge in [0.25, 0.3) is 5.91 Å². The number of hydrogen-bond donors (Lipinski definition) is 0.